The normalized spacial score (nSPS) is 10.6. The van der Waals surface area contributed by atoms with Gasteiger partial charge in [-0.1, -0.05) is 61.9 Å². The topological polar surface area (TPSA) is 55.4 Å². The Hall–Kier alpha value is -3.14. The average molecular weight is 361 g/mol. The summed E-state index contributed by atoms with van der Waals surface area (Å²) in [7, 11) is 0. The SMILES string of the molecule is CCCCNc1ccccc1C(=O)OCC(=O)c1ccc2ccccc2c1. The van der Waals surface area contributed by atoms with E-state index in [0.29, 0.717) is 11.1 Å². The Labute approximate surface area is 159 Å². The van der Waals surface area contributed by atoms with Gasteiger partial charge in [0.2, 0.25) is 0 Å². The number of para-hydroxylation sites is 1. The molecule has 0 bridgehead atoms. The van der Waals surface area contributed by atoms with Crippen LogP contribution in [0.3, 0.4) is 0 Å². The zero-order valence-corrected chi connectivity index (χ0v) is 15.4. The summed E-state index contributed by atoms with van der Waals surface area (Å²) in [4.78, 5) is 24.9. The van der Waals surface area contributed by atoms with Crippen LogP contribution in [0.5, 0.6) is 0 Å². The van der Waals surface area contributed by atoms with Crippen molar-refractivity contribution in [3.63, 3.8) is 0 Å². The van der Waals surface area contributed by atoms with Gasteiger partial charge >= 0.3 is 5.97 Å². The number of hydrogen-bond donors (Lipinski definition) is 1. The molecule has 0 aliphatic heterocycles. The van der Waals surface area contributed by atoms with Gasteiger partial charge in [0, 0.05) is 17.8 Å². The lowest BCUT2D eigenvalue weighted by Crippen LogP contribution is -2.16. The second-order valence-electron chi connectivity index (χ2n) is 6.39. The van der Waals surface area contributed by atoms with E-state index in [1.54, 1.807) is 18.2 Å². The molecule has 3 aromatic rings. The lowest BCUT2D eigenvalue weighted by molar-refractivity contribution is 0.0475. The first-order valence-corrected chi connectivity index (χ1v) is 9.21. The summed E-state index contributed by atoms with van der Waals surface area (Å²) in [5.41, 5.74) is 1.71. The number of carbonyl (C=O) groups is 2. The molecule has 0 unspecified atom stereocenters. The molecule has 138 valence electrons. The number of ketones is 1. The molecule has 4 heteroatoms. The summed E-state index contributed by atoms with van der Waals surface area (Å²) < 4.78 is 5.27. The number of nitrogens with one attached hydrogen (secondary N) is 1. The van der Waals surface area contributed by atoms with Crippen LogP contribution in [-0.4, -0.2) is 24.9 Å². The summed E-state index contributed by atoms with van der Waals surface area (Å²) in [5.74, 6) is -0.714. The van der Waals surface area contributed by atoms with Crippen molar-refractivity contribution in [3.05, 3.63) is 77.9 Å². The Kier molecular flexibility index (Phi) is 6.21. The van der Waals surface area contributed by atoms with Crippen molar-refractivity contribution in [1.29, 1.82) is 0 Å². The van der Waals surface area contributed by atoms with E-state index in [-0.39, 0.29) is 12.4 Å². The van der Waals surface area contributed by atoms with Crippen molar-refractivity contribution in [1.82, 2.24) is 0 Å². The molecule has 0 atom stereocenters. The number of hydrogen-bond acceptors (Lipinski definition) is 4. The summed E-state index contributed by atoms with van der Waals surface area (Å²) in [6, 6.07) is 20.5. The number of anilines is 1. The Bertz CT molecular complexity index is 949. The number of carbonyl (C=O) groups excluding carboxylic acids is 2. The lowest BCUT2D eigenvalue weighted by atomic mass is 10.0. The van der Waals surface area contributed by atoms with Gasteiger partial charge in [-0.15, -0.1) is 0 Å². The van der Waals surface area contributed by atoms with Crippen LogP contribution in [0.1, 0.15) is 40.5 Å². The number of Topliss-reactive ketones (excluding diaryl/α,β-unsaturated/α-hetero) is 1. The molecule has 0 fully saturated rings. The zero-order valence-electron chi connectivity index (χ0n) is 15.4. The largest absolute Gasteiger partial charge is 0.454 e. The highest BCUT2D eigenvalue weighted by Gasteiger charge is 2.15. The van der Waals surface area contributed by atoms with Crippen molar-refractivity contribution in [2.24, 2.45) is 0 Å². The molecular formula is C23H23NO3. The monoisotopic (exact) mass is 361 g/mol. The Morgan fingerprint density at radius 1 is 0.926 bits per heavy atom. The molecule has 0 aromatic heterocycles. The van der Waals surface area contributed by atoms with Gasteiger partial charge in [0.05, 0.1) is 5.56 Å². The van der Waals surface area contributed by atoms with Gasteiger partial charge in [0.15, 0.2) is 12.4 Å². The number of fused-ring (bicyclic) bond motifs is 1. The smallest absolute Gasteiger partial charge is 0.340 e. The molecule has 0 aliphatic rings. The van der Waals surface area contributed by atoms with Crippen LogP contribution in [0, 0.1) is 0 Å². The Morgan fingerprint density at radius 3 is 2.48 bits per heavy atom. The minimum absolute atomic E-state index is 0.217. The highest BCUT2D eigenvalue weighted by Crippen LogP contribution is 2.18. The van der Waals surface area contributed by atoms with Crippen LogP contribution in [0.15, 0.2) is 66.7 Å². The summed E-state index contributed by atoms with van der Waals surface area (Å²) in [5, 5.41) is 5.30. The van der Waals surface area contributed by atoms with Crippen LogP contribution < -0.4 is 5.32 Å². The van der Waals surface area contributed by atoms with Crippen LogP contribution >= 0.6 is 0 Å². The minimum Gasteiger partial charge on any atom is -0.454 e. The quantitative estimate of drug-likeness (QED) is 0.345. The molecule has 3 rings (SSSR count). The first-order chi connectivity index (χ1) is 13.2. The molecule has 4 nitrogen and oxygen atoms in total. The van der Waals surface area contributed by atoms with Gasteiger partial charge in [-0.2, -0.15) is 0 Å². The van der Waals surface area contributed by atoms with E-state index in [2.05, 4.69) is 12.2 Å². The number of unbranched alkanes of at least 4 members (excludes halogenated alkanes) is 1. The predicted octanol–water partition coefficient (Wildman–Crippen LogP) is 5.09. The molecule has 0 saturated heterocycles. The number of rotatable bonds is 8. The molecule has 27 heavy (non-hydrogen) atoms. The fourth-order valence-corrected chi connectivity index (χ4v) is 2.87. The second-order valence-corrected chi connectivity index (χ2v) is 6.39. The van der Waals surface area contributed by atoms with E-state index in [9.17, 15) is 9.59 Å². The van der Waals surface area contributed by atoms with Crippen molar-refractivity contribution < 1.29 is 14.3 Å². The highest BCUT2D eigenvalue weighted by molar-refractivity contribution is 6.03. The van der Waals surface area contributed by atoms with Gasteiger partial charge in [-0.3, -0.25) is 4.79 Å². The maximum Gasteiger partial charge on any atom is 0.340 e. The van der Waals surface area contributed by atoms with E-state index in [1.807, 2.05) is 48.5 Å². The first kappa shape index (κ1) is 18.6. The summed E-state index contributed by atoms with van der Waals surface area (Å²) in [6.07, 6.45) is 2.09. The fourth-order valence-electron chi connectivity index (χ4n) is 2.87. The summed E-state index contributed by atoms with van der Waals surface area (Å²) >= 11 is 0. The number of esters is 1. The van der Waals surface area contributed by atoms with Crippen molar-refractivity contribution in [2.45, 2.75) is 19.8 Å². The van der Waals surface area contributed by atoms with E-state index in [4.69, 9.17) is 4.74 Å². The van der Waals surface area contributed by atoms with Crippen LogP contribution in [0.4, 0.5) is 5.69 Å². The first-order valence-electron chi connectivity index (χ1n) is 9.21. The van der Waals surface area contributed by atoms with Crippen LogP contribution in [-0.2, 0) is 4.74 Å². The Morgan fingerprint density at radius 2 is 1.67 bits per heavy atom. The van der Waals surface area contributed by atoms with Crippen LogP contribution in [0.25, 0.3) is 10.8 Å². The molecule has 3 aromatic carbocycles. The third-order valence-corrected chi connectivity index (χ3v) is 4.40. The molecule has 0 amide bonds. The Balaban J connectivity index is 1.65. The molecule has 1 N–H and O–H groups in total. The number of ether oxygens (including phenoxy) is 1. The maximum atomic E-state index is 12.4. The average Bonchev–Trinajstić information content (AvgIpc) is 2.72. The maximum absolute atomic E-state index is 12.4. The van der Waals surface area contributed by atoms with Crippen molar-refractivity contribution in [2.75, 3.05) is 18.5 Å². The van der Waals surface area contributed by atoms with Gasteiger partial charge < -0.3 is 10.1 Å². The second kappa shape index (κ2) is 8.99. The van der Waals surface area contributed by atoms with E-state index >= 15 is 0 Å². The van der Waals surface area contributed by atoms with Gasteiger partial charge in [-0.25, -0.2) is 4.79 Å². The molecular weight excluding hydrogens is 338 g/mol. The third kappa shape index (κ3) is 4.73. The third-order valence-electron chi connectivity index (χ3n) is 4.40. The number of benzene rings is 3. The van der Waals surface area contributed by atoms with E-state index in [1.165, 1.54) is 0 Å². The van der Waals surface area contributed by atoms with E-state index < -0.39 is 5.97 Å². The van der Waals surface area contributed by atoms with Gasteiger partial charge in [0.1, 0.15) is 0 Å². The molecule has 0 heterocycles. The standard InChI is InChI=1S/C23H23NO3/c1-2-3-14-24-21-11-7-6-10-20(21)23(26)27-16-22(25)19-13-12-17-8-4-5-9-18(17)15-19/h4-13,15,24H,2-3,14,16H2,1H3. The van der Waals surface area contributed by atoms with Crippen molar-refractivity contribution >= 4 is 28.2 Å². The molecule has 0 spiro atoms. The van der Waals surface area contributed by atoms with Crippen LogP contribution in [0.2, 0.25) is 0 Å². The lowest BCUT2D eigenvalue weighted by Gasteiger charge is -2.11. The molecule has 0 aliphatic carbocycles. The predicted molar refractivity (Wildman–Crippen MR) is 108 cm³/mol. The highest BCUT2D eigenvalue weighted by atomic mass is 16.5. The van der Waals surface area contributed by atoms with Gasteiger partial charge in [-0.05, 0) is 35.4 Å². The zero-order chi connectivity index (χ0) is 19.1. The fraction of sp³-hybridized carbons (Fsp3) is 0.217. The molecule has 0 radical (unpaired) electrons. The minimum atomic E-state index is -0.497. The summed E-state index contributed by atoms with van der Waals surface area (Å²) in [6.45, 7) is 2.62. The van der Waals surface area contributed by atoms with Crippen molar-refractivity contribution in [3.8, 4) is 0 Å². The molecule has 0 saturated carbocycles. The van der Waals surface area contributed by atoms with Gasteiger partial charge in [0.25, 0.3) is 0 Å². The van der Waals surface area contributed by atoms with E-state index in [0.717, 1.165) is 35.8 Å².